The summed E-state index contributed by atoms with van der Waals surface area (Å²) in [5, 5.41) is 19.6. The Kier molecular flexibility index (Phi) is 4.13. The van der Waals surface area contributed by atoms with Crippen molar-refractivity contribution in [2.45, 2.75) is 0 Å². The standard InChI is InChI=1S/C12H6BrFN2O5/c13-6-1-7(14)3-8(2-6)21-11-4-9(12(17)18)10(5-15-11)16(19)20/h1-5H,(H,17,18). The normalized spacial score (nSPS) is 10.2. The molecule has 1 N–H and O–H groups in total. The molecular weight excluding hydrogens is 351 g/mol. The highest BCUT2D eigenvalue weighted by atomic mass is 79.9. The van der Waals surface area contributed by atoms with E-state index in [9.17, 15) is 19.3 Å². The van der Waals surface area contributed by atoms with Crippen LogP contribution in [-0.2, 0) is 0 Å². The van der Waals surface area contributed by atoms with Crippen LogP contribution in [-0.4, -0.2) is 21.0 Å². The summed E-state index contributed by atoms with van der Waals surface area (Å²) in [5.41, 5.74) is -1.23. The Balaban J connectivity index is 2.39. The van der Waals surface area contributed by atoms with Crippen LogP contribution in [0.3, 0.4) is 0 Å². The van der Waals surface area contributed by atoms with Gasteiger partial charge in [0, 0.05) is 16.6 Å². The zero-order valence-electron chi connectivity index (χ0n) is 10.1. The molecule has 0 saturated carbocycles. The van der Waals surface area contributed by atoms with Crippen LogP contribution in [0.4, 0.5) is 10.1 Å². The third-order valence-electron chi connectivity index (χ3n) is 2.34. The van der Waals surface area contributed by atoms with Gasteiger partial charge in [0.15, 0.2) is 0 Å². The molecule has 0 unspecified atom stereocenters. The second-order valence-electron chi connectivity index (χ2n) is 3.81. The first-order valence-electron chi connectivity index (χ1n) is 5.38. The fraction of sp³-hybridized carbons (Fsp3) is 0. The number of aromatic nitrogens is 1. The van der Waals surface area contributed by atoms with Crippen LogP contribution in [0.5, 0.6) is 11.6 Å². The third kappa shape index (κ3) is 3.51. The maximum absolute atomic E-state index is 13.2. The van der Waals surface area contributed by atoms with Gasteiger partial charge in [-0.1, -0.05) is 15.9 Å². The van der Waals surface area contributed by atoms with Crippen LogP contribution in [0.1, 0.15) is 10.4 Å². The molecule has 2 aromatic rings. The molecule has 0 saturated heterocycles. The number of hydrogen-bond donors (Lipinski definition) is 1. The number of hydrogen-bond acceptors (Lipinski definition) is 5. The van der Waals surface area contributed by atoms with Crippen molar-refractivity contribution < 1.29 is 24.0 Å². The summed E-state index contributed by atoms with van der Waals surface area (Å²) in [6, 6.07) is 4.61. The number of nitrogens with zero attached hydrogens (tertiary/aromatic N) is 2. The summed E-state index contributed by atoms with van der Waals surface area (Å²) < 4.78 is 18.8. The third-order valence-corrected chi connectivity index (χ3v) is 2.80. The van der Waals surface area contributed by atoms with E-state index in [1.165, 1.54) is 12.1 Å². The van der Waals surface area contributed by atoms with Crippen molar-refractivity contribution in [2.75, 3.05) is 0 Å². The number of carboxylic acids is 1. The molecule has 0 bridgehead atoms. The van der Waals surface area contributed by atoms with E-state index in [-0.39, 0.29) is 11.6 Å². The van der Waals surface area contributed by atoms with Crippen LogP contribution in [0, 0.1) is 15.9 Å². The second-order valence-corrected chi connectivity index (χ2v) is 4.72. The van der Waals surface area contributed by atoms with Crippen molar-refractivity contribution in [3.63, 3.8) is 0 Å². The average molecular weight is 357 g/mol. The molecule has 0 fully saturated rings. The number of pyridine rings is 1. The summed E-state index contributed by atoms with van der Waals surface area (Å²) in [5.74, 6) is -2.19. The highest BCUT2D eigenvalue weighted by Crippen LogP contribution is 2.27. The molecule has 0 aliphatic heterocycles. The lowest BCUT2D eigenvalue weighted by molar-refractivity contribution is -0.385. The zero-order valence-corrected chi connectivity index (χ0v) is 11.7. The summed E-state index contributed by atoms with van der Waals surface area (Å²) in [6.45, 7) is 0. The molecule has 0 radical (unpaired) electrons. The minimum atomic E-state index is -1.49. The number of aromatic carboxylic acids is 1. The molecule has 0 atom stereocenters. The van der Waals surface area contributed by atoms with Crippen molar-refractivity contribution in [3.05, 3.63) is 56.4 Å². The highest BCUT2D eigenvalue weighted by Gasteiger charge is 2.21. The van der Waals surface area contributed by atoms with Gasteiger partial charge in [0.05, 0.1) is 4.92 Å². The Morgan fingerprint density at radius 3 is 2.67 bits per heavy atom. The Bertz CT molecular complexity index is 717. The molecule has 1 aromatic heterocycles. The molecule has 0 spiro atoms. The summed E-state index contributed by atoms with van der Waals surface area (Å²) in [4.78, 5) is 24.4. The number of halogens is 2. The van der Waals surface area contributed by atoms with Crippen molar-refractivity contribution in [3.8, 4) is 11.6 Å². The SMILES string of the molecule is O=C(O)c1cc(Oc2cc(F)cc(Br)c2)ncc1[N+](=O)[O-]. The van der Waals surface area contributed by atoms with E-state index in [0.717, 1.165) is 18.3 Å². The predicted octanol–water partition coefficient (Wildman–Crippen LogP) is 3.38. The molecule has 0 aliphatic rings. The fourth-order valence-corrected chi connectivity index (χ4v) is 1.95. The van der Waals surface area contributed by atoms with Crippen molar-refractivity contribution in [1.82, 2.24) is 4.98 Å². The molecule has 9 heteroatoms. The topological polar surface area (TPSA) is 103 Å². The molecule has 0 aliphatic carbocycles. The fourth-order valence-electron chi connectivity index (χ4n) is 1.51. The summed E-state index contributed by atoms with van der Waals surface area (Å²) in [6.07, 6.45) is 0.771. The first kappa shape index (κ1) is 14.9. The van der Waals surface area contributed by atoms with Crippen LogP contribution in [0.2, 0.25) is 0 Å². The lowest BCUT2D eigenvalue weighted by Crippen LogP contribution is -2.04. The predicted molar refractivity (Wildman–Crippen MR) is 72.0 cm³/mol. The zero-order chi connectivity index (χ0) is 15.6. The Hall–Kier alpha value is -2.55. The van der Waals surface area contributed by atoms with E-state index >= 15 is 0 Å². The van der Waals surface area contributed by atoms with Gasteiger partial charge in [0.25, 0.3) is 0 Å². The smallest absolute Gasteiger partial charge is 0.342 e. The van der Waals surface area contributed by atoms with Gasteiger partial charge in [-0.25, -0.2) is 14.2 Å². The number of benzene rings is 1. The summed E-state index contributed by atoms with van der Waals surface area (Å²) >= 11 is 3.07. The number of carboxylic acid groups (broad SMARTS) is 1. The average Bonchev–Trinajstić information content (AvgIpc) is 2.36. The minimum Gasteiger partial charge on any atom is -0.477 e. The highest BCUT2D eigenvalue weighted by molar-refractivity contribution is 9.10. The first-order chi connectivity index (χ1) is 9.86. The molecule has 21 heavy (non-hydrogen) atoms. The van der Waals surface area contributed by atoms with Gasteiger partial charge in [-0.15, -0.1) is 0 Å². The van der Waals surface area contributed by atoms with E-state index in [1.807, 2.05) is 0 Å². The maximum Gasteiger partial charge on any atom is 0.342 e. The van der Waals surface area contributed by atoms with Crippen LogP contribution >= 0.6 is 15.9 Å². The molecule has 7 nitrogen and oxygen atoms in total. The van der Waals surface area contributed by atoms with E-state index in [2.05, 4.69) is 20.9 Å². The van der Waals surface area contributed by atoms with E-state index in [1.54, 1.807) is 0 Å². The molecule has 1 heterocycles. The van der Waals surface area contributed by atoms with Crippen molar-refractivity contribution in [1.29, 1.82) is 0 Å². The van der Waals surface area contributed by atoms with Gasteiger partial charge in [0.1, 0.15) is 23.3 Å². The Labute approximate surface area is 125 Å². The maximum atomic E-state index is 13.2. The molecular formula is C12H6BrFN2O5. The minimum absolute atomic E-state index is 0.0690. The number of ether oxygens (including phenoxy) is 1. The lowest BCUT2D eigenvalue weighted by Gasteiger charge is -2.06. The van der Waals surface area contributed by atoms with Gasteiger partial charge in [0.2, 0.25) is 5.88 Å². The molecule has 108 valence electrons. The number of rotatable bonds is 4. The monoisotopic (exact) mass is 356 g/mol. The van der Waals surface area contributed by atoms with E-state index in [4.69, 9.17) is 9.84 Å². The number of nitro groups is 1. The van der Waals surface area contributed by atoms with Crippen LogP contribution < -0.4 is 4.74 Å². The van der Waals surface area contributed by atoms with Gasteiger partial charge < -0.3 is 9.84 Å². The largest absolute Gasteiger partial charge is 0.477 e. The van der Waals surface area contributed by atoms with E-state index in [0.29, 0.717) is 4.47 Å². The Morgan fingerprint density at radius 2 is 2.10 bits per heavy atom. The van der Waals surface area contributed by atoms with Crippen LogP contribution in [0.15, 0.2) is 34.9 Å². The van der Waals surface area contributed by atoms with E-state index < -0.39 is 28.0 Å². The molecule has 2 rings (SSSR count). The van der Waals surface area contributed by atoms with Gasteiger partial charge in [-0.3, -0.25) is 10.1 Å². The second kappa shape index (κ2) is 5.83. The molecule has 0 amide bonds. The van der Waals surface area contributed by atoms with Gasteiger partial charge >= 0.3 is 11.7 Å². The van der Waals surface area contributed by atoms with Crippen molar-refractivity contribution >= 4 is 27.6 Å². The number of carbonyl (C=O) groups is 1. The summed E-state index contributed by atoms with van der Waals surface area (Å²) in [7, 11) is 0. The quantitative estimate of drug-likeness (QED) is 0.665. The van der Waals surface area contributed by atoms with Crippen LogP contribution in [0.25, 0.3) is 0 Å². The first-order valence-corrected chi connectivity index (χ1v) is 6.18. The molecule has 1 aromatic carbocycles. The van der Waals surface area contributed by atoms with Crippen molar-refractivity contribution in [2.24, 2.45) is 0 Å². The Morgan fingerprint density at radius 1 is 1.38 bits per heavy atom. The lowest BCUT2D eigenvalue weighted by atomic mass is 10.2. The van der Waals surface area contributed by atoms with Gasteiger partial charge in [-0.2, -0.15) is 0 Å². The van der Waals surface area contributed by atoms with Gasteiger partial charge in [-0.05, 0) is 12.1 Å².